The summed E-state index contributed by atoms with van der Waals surface area (Å²) in [5.74, 6) is 0. The van der Waals surface area contributed by atoms with Gasteiger partial charge in [0.05, 0.1) is 11.5 Å². The van der Waals surface area contributed by atoms with Gasteiger partial charge in [0.1, 0.15) is 0 Å². The summed E-state index contributed by atoms with van der Waals surface area (Å²) < 4.78 is 0. The fourth-order valence-electron chi connectivity index (χ4n) is 3.64. The van der Waals surface area contributed by atoms with Gasteiger partial charge in [0.2, 0.25) is 0 Å². The molecule has 1 aliphatic rings. The highest BCUT2D eigenvalue weighted by atomic mass is 14.9. The van der Waals surface area contributed by atoms with Crippen LogP contribution in [0.4, 0.5) is 0 Å². The van der Waals surface area contributed by atoms with Crippen molar-refractivity contribution in [3.05, 3.63) is 0 Å². The molecule has 0 bridgehead atoms. The summed E-state index contributed by atoms with van der Waals surface area (Å²) in [7, 11) is 0. The van der Waals surface area contributed by atoms with Crippen LogP contribution in [-0.4, -0.2) is 12.6 Å². The van der Waals surface area contributed by atoms with Gasteiger partial charge >= 0.3 is 0 Å². The van der Waals surface area contributed by atoms with Gasteiger partial charge in [-0.2, -0.15) is 5.26 Å². The lowest BCUT2D eigenvalue weighted by Gasteiger charge is -2.45. The third-order valence-electron chi connectivity index (χ3n) is 4.04. The lowest BCUT2D eigenvalue weighted by Crippen LogP contribution is -2.44. The van der Waals surface area contributed by atoms with E-state index in [1.54, 1.807) is 0 Å². The van der Waals surface area contributed by atoms with E-state index in [2.05, 4.69) is 39.1 Å². The minimum atomic E-state index is -0.202. The van der Waals surface area contributed by atoms with Crippen LogP contribution in [0.2, 0.25) is 0 Å². The molecule has 1 fully saturated rings. The van der Waals surface area contributed by atoms with Gasteiger partial charge in [0.15, 0.2) is 0 Å². The number of hydrogen-bond donors (Lipinski definition) is 1. The standard InChI is InChI=1S/C16H30N2/c1-14(2,12-17)7-8-18-13-9-15(3,4)11-16(5,6)10-13/h13,18H,7-11H2,1-6H3. The molecule has 1 rings (SSSR count). The maximum atomic E-state index is 9.02. The van der Waals surface area contributed by atoms with Gasteiger partial charge in [-0.05, 0) is 56.9 Å². The van der Waals surface area contributed by atoms with Crippen LogP contribution >= 0.6 is 0 Å². The van der Waals surface area contributed by atoms with Crippen molar-refractivity contribution in [2.45, 2.75) is 73.3 Å². The van der Waals surface area contributed by atoms with Crippen molar-refractivity contribution in [3.8, 4) is 6.07 Å². The van der Waals surface area contributed by atoms with E-state index >= 15 is 0 Å². The summed E-state index contributed by atoms with van der Waals surface area (Å²) in [5, 5.41) is 12.7. The van der Waals surface area contributed by atoms with Crippen LogP contribution in [0.15, 0.2) is 0 Å². The number of hydrogen-bond acceptors (Lipinski definition) is 2. The monoisotopic (exact) mass is 250 g/mol. The van der Waals surface area contributed by atoms with E-state index in [1.807, 2.05) is 13.8 Å². The summed E-state index contributed by atoms with van der Waals surface area (Å²) in [6.45, 7) is 14.5. The molecule has 0 amide bonds. The molecule has 1 aliphatic carbocycles. The molecule has 0 aromatic heterocycles. The van der Waals surface area contributed by atoms with Gasteiger partial charge in [-0.25, -0.2) is 0 Å². The topological polar surface area (TPSA) is 35.8 Å². The zero-order valence-corrected chi connectivity index (χ0v) is 13.1. The molecule has 18 heavy (non-hydrogen) atoms. The van der Waals surface area contributed by atoms with E-state index < -0.39 is 0 Å². The third kappa shape index (κ3) is 4.98. The smallest absolute Gasteiger partial charge is 0.0684 e. The first kappa shape index (κ1) is 15.5. The first-order chi connectivity index (χ1) is 8.05. The third-order valence-corrected chi connectivity index (χ3v) is 4.04. The molecular weight excluding hydrogens is 220 g/mol. The average molecular weight is 250 g/mol. The van der Waals surface area contributed by atoms with Gasteiger partial charge < -0.3 is 5.32 Å². The van der Waals surface area contributed by atoms with Crippen LogP contribution in [0.25, 0.3) is 0 Å². The molecule has 1 N–H and O–H groups in total. The molecule has 2 nitrogen and oxygen atoms in total. The predicted octanol–water partition coefficient (Wildman–Crippen LogP) is 4.12. The molecule has 0 heterocycles. The zero-order valence-electron chi connectivity index (χ0n) is 13.1. The Morgan fingerprint density at radius 3 is 2.11 bits per heavy atom. The molecule has 0 aromatic rings. The minimum absolute atomic E-state index is 0.202. The quantitative estimate of drug-likeness (QED) is 0.814. The van der Waals surface area contributed by atoms with Crippen molar-refractivity contribution >= 4 is 0 Å². The SMILES string of the molecule is CC(C)(C#N)CCNC1CC(C)(C)CC(C)(C)C1. The molecule has 0 aliphatic heterocycles. The summed E-state index contributed by atoms with van der Waals surface area (Å²) in [5.41, 5.74) is 0.668. The number of nitrogens with zero attached hydrogens (tertiary/aromatic N) is 1. The average Bonchev–Trinajstić information content (AvgIpc) is 2.12. The molecule has 0 unspecified atom stereocenters. The number of nitriles is 1. The van der Waals surface area contributed by atoms with Crippen LogP contribution in [0.3, 0.4) is 0 Å². The van der Waals surface area contributed by atoms with Crippen molar-refractivity contribution in [1.82, 2.24) is 5.32 Å². The lowest BCUT2D eigenvalue weighted by molar-refractivity contribution is 0.0844. The lowest BCUT2D eigenvalue weighted by atomic mass is 9.63. The Morgan fingerprint density at radius 1 is 1.17 bits per heavy atom. The first-order valence-corrected chi connectivity index (χ1v) is 7.20. The molecule has 2 heteroatoms. The van der Waals surface area contributed by atoms with Crippen molar-refractivity contribution in [2.75, 3.05) is 6.54 Å². The van der Waals surface area contributed by atoms with Gasteiger partial charge in [-0.1, -0.05) is 27.7 Å². The van der Waals surface area contributed by atoms with E-state index in [0.29, 0.717) is 16.9 Å². The fraction of sp³-hybridized carbons (Fsp3) is 0.938. The summed E-state index contributed by atoms with van der Waals surface area (Å²) in [6.07, 6.45) is 4.75. The molecule has 1 saturated carbocycles. The van der Waals surface area contributed by atoms with Crippen LogP contribution in [-0.2, 0) is 0 Å². The predicted molar refractivity (Wildman–Crippen MR) is 77.2 cm³/mol. The van der Waals surface area contributed by atoms with Crippen LogP contribution in [0.1, 0.15) is 67.2 Å². The Hall–Kier alpha value is -0.550. The summed E-state index contributed by atoms with van der Waals surface area (Å²) in [4.78, 5) is 0. The number of nitrogens with one attached hydrogen (secondary N) is 1. The van der Waals surface area contributed by atoms with E-state index in [4.69, 9.17) is 5.26 Å². The Balaban J connectivity index is 2.46. The van der Waals surface area contributed by atoms with Gasteiger partial charge in [-0.3, -0.25) is 0 Å². The van der Waals surface area contributed by atoms with Gasteiger partial charge in [0, 0.05) is 6.04 Å². The van der Waals surface area contributed by atoms with E-state index in [-0.39, 0.29) is 5.41 Å². The maximum absolute atomic E-state index is 9.02. The molecule has 0 atom stereocenters. The largest absolute Gasteiger partial charge is 0.314 e. The van der Waals surface area contributed by atoms with Crippen molar-refractivity contribution in [3.63, 3.8) is 0 Å². The Kier molecular flexibility index (Phi) is 4.49. The van der Waals surface area contributed by atoms with Gasteiger partial charge in [-0.15, -0.1) is 0 Å². The Morgan fingerprint density at radius 2 is 1.67 bits per heavy atom. The molecular formula is C16H30N2. The van der Waals surface area contributed by atoms with Crippen molar-refractivity contribution < 1.29 is 0 Å². The van der Waals surface area contributed by atoms with Crippen LogP contribution in [0, 0.1) is 27.6 Å². The molecule has 0 saturated heterocycles. The highest BCUT2D eigenvalue weighted by molar-refractivity contribution is 4.94. The normalized spacial score (nSPS) is 23.6. The number of rotatable bonds is 4. The Bertz CT molecular complexity index is 304. The zero-order chi connectivity index (χ0) is 14.0. The first-order valence-electron chi connectivity index (χ1n) is 7.20. The highest BCUT2D eigenvalue weighted by Gasteiger charge is 2.38. The Labute approximate surface area is 113 Å². The highest BCUT2D eigenvalue weighted by Crippen LogP contribution is 2.45. The second kappa shape index (κ2) is 5.21. The maximum Gasteiger partial charge on any atom is 0.0684 e. The van der Waals surface area contributed by atoms with Crippen LogP contribution < -0.4 is 5.32 Å². The molecule has 0 aromatic carbocycles. The molecule has 0 spiro atoms. The van der Waals surface area contributed by atoms with Gasteiger partial charge in [0.25, 0.3) is 0 Å². The molecule has 104 valence electrons. The van der Waals surface area contributed by atoms with E-state index in [9.17, 15) is 0 Å². The van der Waals surface area contributed by atoms with Crippen LogP contribution in [0.5, 0.6) is 0 Å². The van der Waals surface area contributed by atoms with E-state index in [0.717, 1.165) is 13.0 Å². The minimum Gasteiger partial charge on any atom is -0.314 e. The second-order valence-electron chi connectivity index (χ2n) is 8.31. The van der Waals surface area contributed by atoms with E-state index in [1.165, 1.54) is 19.3 Å². The second-order valence-corrected chi connectivity index (χ2v) is 8.31. The fourth-order valence-corrected chi connectivity index (χ4v) is 3.64. The molecule has 0 radical (unpaired) electrons. The van der Waals surface area contributed by atoms with Crippen molar-refractivity contribution in [2.24, 2.45) is 16.2 Å². The van der Waals surface area contributed by atoms with Crippen molar-refractivity contribution in [1.29, 1.82) is 5.26 Å². The summed E-state index contributed by atoms with van der Waals surface area (Å²) >= 11 is 0. The summed E-state index contributed by atoms with van der Waals surface area (Å²) in [6, 6.07) is 2.98.